The normalized spacial score (nSPS) is 39.3. The smallest absolute Gasteiger partial charge is 0.315 e. The van der Waals surface area contributed by atoms with Crippen LogP contribution < -0.4 is 5.32 Å². The Morgan fingerprint density at radius 3 is 2.79 bits per heavy atom. The topological polar surface area (TPSA) is 83.4 Å². The molecule has 0 unspecified atom stereocenters. The van der Waals surface area contributed by atoms with Crippen molar-refractivity contribution in [2.24, 2.45) is 23.2 Å². The van der Waals surface area contributed by atoms with Crippen LogP contribution in [0.2, 0.25) is 0 Å². The van der Waals surface area contributed by atoms with Crippen LogP contribution in [0, 0.1) is 23.2 Å². The van der Waals surface area contributed by atoms with Crippen LogP contribution in [0.1, 0.15) is 46.0 Å². The van der Waals surface area contributed by atoms with E-state index in [0.717, 1.165) is 19.3 Å². The van der Waals surface area contributed by atoms with Crippen molar-refractivity contribution in [2.75, 3.05) is 19.8 Å². The molecule has 1 aliphatic heterocycles. The second-order valence-electron chi connectivity index (χ2n) is 8.81. The van der Waals surface area contributed by atoms with Crippen molar-refractivity contribution in [3.63, 3.8) is 0 Å². The van der Waals surface area contributed by atoms with Gasteiger partial charge in [-0.05, 0) is 50.4 Å². The van der Waals surface area contributed by atoms with Crippen molar-refractivity contribution in [3.8, 4) is 0 Å². The van der Waals surface area contributed by atoms with E-state index >= 15 is 0 Å². The lowest BCUT2D eigenvalue weighted by atomic mass is 9.55. The molecule has 2 saturated carbocycles. The molecule has 5 nitrogen and oxygen atoms in total. The molecule has 5 atom stereocenters. The highest BCUT2D eigenvalue weighted by atomic mass is 16.6. The number of aliphatic hydroxyl groups excluding tert-OH is 2. The van der Waals surface area contributed by atoms with E-state index in [4.69, 9.17) is 4.74 Å². The summed E-state index contributed by atoms with van der Waals surface area (Å²) in [5.74, 6) is 0.480. The van der Waals surface area contributed by atoms with E-state index < -0.39 is 5.54 Å². The highest BCUT2D eigenvalue weighted by Gasteiger charge is 2.55. The Kier molecular flexibility index (Phi) is 4.80. The van der Waals surface area contributed by atoms with Gasteiger partial charge in [0.15, 0.2) is 0 Å². The standard InChI is InChI=1S/C19H31NO4/c1-12-5-4-6-18(2)8-16-13(7-15(12)18)14(17(23)24-16)9-20-19(3,10-21)11-22/h13-16,20-22H,1,4-11H2,2-3H3/p+1/t13-,14+,15+,16-,18-/m1/s1. The first-order valence-corrected chi connectivity index (χ1v) is 9.26. The maximum Gasteiger partial charge on any atom is 0.315 e. The van der Waals surface area contributed by atoms with Gasteiger partial charge in [0, 0.05) is 5.92 Å². The molecule has 3 fully saturated rings. The lowest BCUT2D eigenvalue weighted by molar-refractivity contribution is -0.731. The van der Waals surface area contributed by atoms with Crippen molar-refractivity contribution in [1.29, 1.82) is 0 Å². The summed E-state index contributed by atoms with van der Waals surface area (Å²) in [5, 5.41) is 20.8. The van der Waals surface area contributed by atoms with Gasteiger partial charge >= 0.3 is 5.97 Å². The molecule has 5 heteroatoms. The van der Waals surface area contributed by atoms with Gasteiger partial charge in [-0.3, -0.25) is 4.79 Å². The maximum atomic E-state index is 12.4. The van der Waals surface area contributed by atoms with Gasteiger partial charge in [-0.2, -0.15) is 0 Å². The molecule has 136 valence electrons. The molecular weight excluding hydrogens is 306 g/mol. The number of esters is 1. The number of allylic oxidation sites excluding steroid dienone is 1. The molecule has 0 bridgehead atoms. The van der Waals surface area contributed by atoms with Crippen LogP contribution in [0.3, 0.4) is 0 Å². The number of hydrogen-bond acceptors (Lipinski definition) is 4. The lowest BCUT2D eigenvalue weighted by Gasteiger charge is -2.49. The molecule has 0 aromatic carbocycles. The van der Waals surface area contributed by atoms with Crippen LogP contribution in [-0.4, -0.2) is 47.6 Å². The average Bonchev–Trinajstić information content (AvgIpc) is 2.84. The molecular formula is C19H32NO4+. The second kappa shape index (κ2) is 6.43. The monoisotopic (exact) mass is 338 g/mol. The van der Waals surface area contributed by atoms with Gasteiger partial charge in [-0.15, -0.1) is 0 Å². The Morgan fingerprint density at radius 2 is 2.12 bits per heavy atom. The van der Waals surface area contributed by atoms with E-state index in [9.17, 15) is 15.0 Å². The molecule has 0 aromatic rings. The fraction of sp³-hybridized carbons (Fsp3) is 0.842. The Bertz CT molecular complexity index is 515. The summed E-state index contributed by atoms with van der Waals surface area (Å²) in [7, 11) is 0. The second-order valence-corrected chi connectivity index (χ2v) is 8.81. The molecule has 0 radical (unpaired) electrons. The van der Waals surface area contributed by atoms with E-state index in [2.05, 4.69) is 13.5 Å². The van der Waals surface area contributed by atoms with Crippen LogP contribution in [0.15, 0.2) is 12.2 Å². The SMILES string of the molecule is C=C1CCC[C@]2(C)C[C@H]3OC(=O)[C@@H](C[NH2+]C(C)(CO)CO)[C@H]3C[C@@H]12. The van der Waals surface area contributed by atoms with Gasteiger partial charge in [-0.1, -0.05) is 19.1 Å². The predicted octanol–water partition coefficient (Wildman–Crippen LogP) is 0.607. The number of hydrogen-bond donors (Lipinski definition) is 3. The molecule has 1 heterocycles. The third-order valence-electron chi connectivity index (χ3n) is 6.91. The Balaban J connectivity index is 1.72. The van der Waals surface area contributed by atoms with E-state index in [0.29, 0.717) is 12.5 Å². The van der Waals surface area contributed by atoms with Gasteiger partial charge in [0.25, 0.3) is 0 Å². The molecule has 3 rings (SSSR count). The Labute approximate surface area is 144 Å². The zero-order valence-corrected chi connectivity index (χ0v) is 15.0. The Morgan fingerprint density at radius 1 is 1.42 bits per heavy atom. The van der Waals surface area contributed by atoms with Crippen molar-refractivity contribution < 1.29 is 25.1 Å². The van der Waals surface area contributed by atoms with Crippen molar-refractivity contribution >= 4 is 5.97 Å². The minimum Gasteiger partial charge on any atom is -0.462 e. The van der Waals surface area contributed by atoms with Gasteiger partial charge in [-0.25, -0.2) is 0 Å². The van der Waals surface area contributed by atoms with E-state index in [1.165, 1.54) is 18.4 Å². The van der Waals surface area contributed by atoms with E-state index in [1.54, 1.807) is 0 Å². The number of rotatable bonds is 5. The van der Waals surface area contributed by atoms with Crippen LogP contribution >= 0.6 is 0 Å². The first-order valence-electron chi connectivity index (χ1n) is 9.26. The summed E-state index contributed by atoms with van der Waals surface area (Å²) in [6.45, 7) is 8.79. The summed E-state index contributed by atoms with van der Waals surface area (Å²) < 4.78 is 5.75. The first kappa shape index (κ1) is 17.9. The summed E-state index contributed by atoms with van der Waals surface area (Å²) in [6, 6.07) is 0. The molecule has 0 aromatic heterocycles. The number of carbonyl (C=O) groups is 1. The summed E-state index contributed by atoms with van der Waals surface area (Å²) in [5.41, 5.74) is 0.927. The maximum absolute atomic E-state index is 12.4. The summed E-state index contributed by atoms with van der Waals surface area (Å²) in [4.78, 5) is 12.4. The molecule has 2 aliphatic carbocycles. The molecule has 1 saturated heterocycles. The molecule has 0 spiro atoms. The molecule has 0 amide bonds. The van der Waals surface area contributed by atoms with Gasteiger partial charge < -0.3 is 20.3 Å². The molecule has 4 N–H and O–H groups in total. The zero-order chi connectivity index (χ0) is 17.5. The average molecular weight is 338 g/mol. The minimum absolute atomic E-state index is 0.0255. The Hall–Kier alpha value is -0.910. The minimum atomic E-state index is -0.643. The van der Waals surface area contributed by atoms with E-state index in [1.807, 2.05) is 12.2 Å². The van der Waals surface area contributed by atoms with Gasteiger partial charge in [0.1, 0.15) is 17.6 Å². The van der Waals surface area contributed by atoms with Crippen LogP contribution in [0.5, 0.6) is 0 Å². The van der Waals surface area contributed by atoms with Crippen molar-refractivity contribution in [3.05, 3.63) is 12.2 Å². The largest absolute Gasteiger partial charge is 0.462 e. The third kappa shape index (κ3) is 3.02. The highest BCUT2D eigenvalue weighted by Crippen LogP contribution is 2.56. The van der Waals surface area contributed by atoms with Crippen molar-refractivity contribution in [2.45, 2.75) is 57.6 Å². The number of aliphatic hydroxyl groups is 2. The molecule has 24 heavy (non-hydrogen) atoms. The van der Waals surface area contributed by atoms with Crippen LogP contribution in [-0.2, 0) is 9.53 Å². The van der Waals surface area contributed by atoms with Crippen LogP contribution in [0.4, 0.5) is 0 Å². The third-order valence-corrected chi connectivity index (χ3v) is 6.91. The fourth-order valence-corrected chi connectivity index (χ4v) is 5.12. The number of nitrogens with two attached hydrogens (primary N) is 1. The van der Waals surface area contributed by atoms with Gasteiger partial charge in [0.2, 0.25) is 0 Å². The highest BCUT2D eigenvalue weighted by molar-refractivity contribution is 5.75. The fourth-order valence-electron chi connectivity index (χ4n) is 5.12. The number of quaternary nitrogens is 1. The number of carbonyl (C=O) groups excluding carboxylic acids is 1. The first-order chi connectivity index (χ1) is 11.3. The quantitative estimate of drug-likeness (QED) is 0.507. The summed E-state index contributed by atoms with van der Waals surface area (Å²) >= 11 is 0. The number of fused-ring (bicyclic) bond motifs is 2. The van der Waals surface area contributed by atoms with E-state index in [-0.39, 0.29) is 42.5 Å². The summed E-state index contributed by atoms with van der Waals surface area (Å²) in [6.07, 6.45) is 5.45. The lowest BCUT2D eigenvalue weighted by Crippen LogP contribution is -2.99. The molecule has 3 aliphatic rings. The predicted molar refractivity (Wildman–Crippen MR) is 90.1 cm³/mol. The van der Waals surface area contributed by atoms with Crippen LogP contribution in [0.25, 0.3) is 0 Å². The van der Waals surface area contributed by atoms with Crippen molar-refractivity contribution in [1.82, 2.24) is 0 Å². The number of ether oxygens (including phenoxy) is 1. The van der Waals surface area contributed by atoms with Gasteiger partial charge in [0.05, 0.1) is 19.8 Å². The zero-order valence-electron chi connectivity index (χ0n) is 15.0.